The number of cyclic esters (lactones) is 1. The van der Waals surface area contributed by atoms with Gasteiger partial charge in [0.15, 0.2) is 17.5 Å². The zero-order valence-electron chi connectivity index (χ0n) is 12.1. The van der Waals surface area contributed by atoms with Crippen LogP contribution in [0.15, 0.2) is 30.4 Å². The largest absolute Gasteiger partial charge is 0.482 e. The molecule has 0 bridgehead atoms. The second kappa shape index (κ2) is 4.98. The number of hydrogen-bond acceptors (Lipinski definition) is 6. The van der Waals surface area contributed by atoms with E-state index in [1.54, 1.807) is 31.2 Å². The fraction of sp³-hybridized carbons (Fsp3) is 0.312. The molecular weight excluding hydrogens is 288 g/mol. The molecule has 6 nitrogen and oxygen atoms in total. The Bertz CT molecular complexity index is 705. The molecule has 0 unspecified atom stereocenters. The molecule has 0 saturated carbocycles. The molecule has 2 aliphatic rings. The fourth-order valence-corrected chi connectivity index (χ4v) is 2.66. The van der Waals surface area contributed by atoms with Crippen LogP contribution in [-0.4, -0.2) is 29.4 Å². The lowest BCUT2D eigenvalue weighted by Crippen LogP contribution is -2.48. The summed E-state index contributed by atoms with van der Waals surface area (Å²) in [5.41, 5.74) is -0.745. The van der Waals surface area contributed by atoms with Gasteiger partial charge in [0.25, 0.3) is 0 Å². The third-order valence-corrected chi connectivity index (χ3v) is 3.63. The molecule has 0 aliphatic carbocycles. The van der Waals surface area contributed by atoms with Crippen LogP contribution in [0.1, 0.15) is 30.6 Å². The van der Waals surface area contributed by atoms with Gasteiger partial charge in [-0.05, 0) is 25.1 Å². The topological polar surface area (TPSA) is 78.9 Å². The van der Waals surface area contributed by atoms with Crippen molar-refractivity contribution in [2.45, 2.75) is 32.0 Å². The first-order valence-electron chi connectivity index (χ1n) is 6.81. The molecule has 0 fully saturated rings. The number of fused-ring (bicyclic) bond motifs is 1. The first kappa shape index (κ1) is 14.3. The Morgan fingerprint density at radius 1 is 1.36 bits per heavy atom. The van der Waals surface area contributed by atoms with Gasteiger partial charge in [-0.15, -0.1) is 0 Å². The molecular formula is C16H14O6. The van der Waals surface area contributed by atoms with Crippen molar-refractivity contribution in [1.29, 1.82) is 0 Å². The number of benzene rings is 1. The summed E-state index contributed by atoms with van der Waals surface area (Å²) in [6.45, 7) is 2.97. The number of ketones is 1. The minimum absolute atomic E-state index is 0.0144. The highest BCUT2D eigenvalue weighted by atomic mass is 16.6. The summed E-state index contributed by atoms with van der Waals surface area (Å²) in [4.78, 5) is 34.9. The maximum absolute atomic E-state index is 12.5. The van der Waals surface area contributed by atoms with Gasteiger partial charge >= 0.3 is 11.9 Å². The first-order valence-corrected chi connectivity index (χ1v) is 6.81. The van der Waals surface area contributed by atoms with E-state index in [1.165, 1.54) is 13.0 Å². The van der Waals surface area contributed by atoms with Crippen molar-refractivity contribution in [3.8, 4) is 11.5 Å². The fourth-order valence-electron chi connectivity index (χ4n) is 2.66. The molecule has 3 rings (SSSR count). The van der Waals surface area contributed by atoms with Gasteiger partial charge in [-0.25, -0.2) is 4.79 Å². The van der Waals surface area contributed by atoms with Crippen LogP contribution in [0, 0.1) is 0 Å². The van der Waals surface area contributed by atoms with Gasteiger partial charge in [-0.1, -0.05) is 6.07 Å². The monoisotopic (exact) mass is 302 g/mol. The van der Waals surface area contributed by atoms with Crippen LogP contribution in [0.3, 0.4) is 0 Å². The summed E-state index contributed by atoms with van der Waals surface area (Å²) < 4.78 is 16.1. The van der Waals surface area contributed by atoms with Gasteiger partial charge in [-0.3, -0.25) is 9.59 Å². The lowest BCUT2D eigenvalue weighted by atomic mass is 9.87. The van der Waals surface area contributed by atoms with Crippen LogP contribution < -0.4 is 9.47 Å². The van der Waals surface area contributed by atoms with Crippen LogP contribution in [0.5, 0.6) is 11.5 Å². The summed E-state index contributed by atoms with van der Waals surface area (Å²) in [6.07, 6.45) is 2.28. The number of carbonyl (C=O) groups excluding carboxylic acids is 3. The number of rotatable bonds is 2. The lowest BCUT2D eigenvalue weighted by Gasteiger charge is -2.37. The van der Waals surface area contributed by atoms with Crippen LogP contribution in [0.4, 0.5) is 0 Å². The van der Waals surface area contributed by atoms with Gasteiger partial charge in [0, 0.05) is 13.0 Å². The zero-order chi connectivity index (χ0) is 15.9. The van der Waals surface area contributed by atoms with Crippen molar-refractivity contribution in [3.63, 3.8) is 0 Å². The van der Waals surface area contributed by atoms with Crippen LogP contribution in [0.25, 0.3) is 0 Å². The maximum atomic E-state index is 12.5. The minimum atomic E-state index is -0.985. The highest BCUT2D eigenvalue weighted by molar-refractivity contribution is 6.03. The van der Waals surface area contributed by atoms with Gasteiger partial charge in [-0.2, -0.15) is 0 Å². The van der Waals surface area contributed by atoms with Crippen molar-refractivity contribution in [2.75, 3.05) is 0 Å². The van der Waals surface area contributed by atoms with Crippen LogP contribution in [0.2, 0.25) is 0 Å². The Balaban J connectivity index is 1.97. The summed E-state index contributed by atoms with van der Waals surface area (Å²) in [6, 6.07) is 4.80. The molecule has 0 amide bonds. The van der Waals surface area contributed by atoms with E-state index in [0.29, 0.717) is 5.75 Å². The molecule has 1 aromatic rings. The number of ether oxygens (including phenoxy) is 3. The molecule has 0 saturated heterocycles. The highest BCUT2D eigenvalue weighted by Gasteiger charge is 2.46. The zero-order valence-corrected chi connectivity index (χ0v) is 12.1. The Labute approximate surface area is 126 Å². The number of esters is 2. The van der Waals surface area contributed by atoms with Crippen molar-refractivity contribution in [1.82, 2.24) is 0 Å². The SMILES string of the molecule is CC(=O)Oc1cccc2c1C(=O)C[C@](C)([C@@H]1C=CC(=O)O1)O2. The second-order valence-electron chi connectivity index (χ2n) is 5.45. The first-order chi connectivity index (χ1) is 10.4. The summed E-state index contributed by atoms with van der Waals surface area (Å²) in [7, 11) is 0. The number of Topliss-reactive ketones (excluding diaryl/α,β-unsaturated/α-hetero) is 1. The van der Waals surface area contributed by atoms with Crippen LogP contribution >= 0.6 is 0 Å². The quantitative estimate of drug-likeness (QED) is 0.612. The smallest absolute Gasteiger partial charge is 0.331 e. The third-order valence-electron chi connectivity index (χ3n) is 3.63. The molecule has 2 aliphatic heterocycles. The van der Waals surface area contributed by atoms with Gasteiger partial charge in [0.2, 0.25) is 0 Å². The minimum Gasteiger partial charge on any atom is -0.482 e. The predicted octanol–water partition coefficient (Wildman–Crippen LogP) is 1.82. The summed E-state index contributed by atoms with van der Waals surface area (Å²) >= 11 is 0. The van der Waals surface area contributed by atoms with Crippen molar-refractivity contribution in [2.24, 2.45) is 0 Å². The molecule has 2 heterocycles. The predicted molar refractivity (Wildman–Crippen MR) is 74.8 cm³/mol. The van der Waals surface area contributed by atoms with E-state index in [1.807, 2.05) is 0 Å². The van der Waals surface area contributed by atoms with Gasteiger partial charge in [0.05, 0.1) is 6.42 Å². The Kier molecular flexibility index (Phi) is 3.24. The molecule has 1 aromatic carbocycles. The van der Waals surface area contributed by atoms with E-state index < -0.39 is 23.6 Å². The second-order valence-corrected chi connectivity index (χ2v) is 5.45. The molecule has 0 spiro atoms. The van der Waals surface area contributed by atoms with Gasteiger partial charge < -0.3 is 14.2 Å². The Morgan fingerprint density at radius 3 is 2.77 bits per heavy atom. The molecule has 6 heteroatoms. The van der Waals surface area contributed by atoms with Gasteiger partial charge in [0.1, 0.15) is 17.1 Å². The Hall–Kier alpha value is -2.63. The molecule has 2 atom stereocenters. The van der Waals surface area contributed by atoms with E-state index >= 15 is 0 Å². The average Bonchev–Trinajstić information content (AvgIpc) is 2.85. The molecule has 22 heavy (non-hydrogen) atoms. The maximum Gasteiger partial charge on any atom is 0.331 e. The lowest BCUT2D eigenvalue weighted by molar-refractivity contribution is -0.147. The summed E-state index contributed by atoms with van der Waals surface area (Å²) in [5.74, 6) is -0.703. The van der Waals surface area contributed by atoms with E-state index in [0.717, 1.165) is 0 Å². The normalized spacial score (nSPS) is 26.2. The molecule has 114 valence electrons. The van der Waals surface area contributed by atoms with Crippen LogP contribution in [-0.2, 0) is 14.3 Å². The summed E-state index contributed by atoms with van der Waals surface area (Å²) in [5, 5.41) is 0. The molecule has 0 radical (unpaired) electrons. The van der Waals surface area contributed by atoms with E-state index in [-0.39, 0.29) is 23.5 Å². The van der Waals surface area contributed by atoms with E-state index in [4.69, 9.17) is 14.2 Å². The van der Waals surface area contributed by atoms with Crippen molar-refractivity contribution < 1.29 is 28.6 Å². The van der Waals surface area contributed by atoms with E-state index in [2.05, 4.69) is 0 Å². The standard InChI is InChI=1S/C16H14O6/c1-9(17)20-11-4-3-5-12-15(11)10(18)8-16(2,22-12)13-6-7-14(19)21-13/h3-7,13H,8H2,1-2H3/t13-,16+/m0/s1. The van der Waals surface area contributed by atoms with Crippen molar-refractivity contribution in [3.05, 3.63) is 35.9 Å². The number of hydrogen-bond donors (Lipinski definition) is 0. The Morgan fingerprint density at radius 2 is 2.14 bits per heavy atom. The van der Waals surface area contributed by atoms with Crippen molar-refractivity contribution >= 4 is 17.7 Å². The van der Waals surface area contributed by atoms with E-state index in [9.17, 15) is 14.4 Å². The highest BCUT2D eigenvalue weighted by Crippen LogP contribution is 2.41. The number of carbonyl (C=O) groups is 3. The molecule has 0 N–H and O–H groups in total. The molecule has 0 aromatic heterocycles. The third kappa shape index (κ3) is 2.36. The average molecular weight is 302 g/mol.